The molecule has 2 aliphatic carbocycles. The molecule has 4 fully saturated rings. The molecule has 0 bridgehead atoms. The van der Waals surface area contributed by atoms with Crippen LogP contribution in [-0.4, -0.2) is 89.5 Å². The third kappa shape index (κ3) is 8.36. The van der Waals surface area contributed by atoms with Crippen LogP contribution < -0.4 is 16.0 Å². The van der Waals surface area contributed by atoms with Gasteiger partial charge in [0.15, 0.2) is 0 Å². The lowest BCUT2D eigenvalue weighted by atomic mass is 9.72. The number of amides is 4. The molecular weight excluding hydrogens is 542 g/mol. The van der Waals surface area contributed by atoms with Crippen LogP contribution in [0.3, 0.4) is 0 Å². The number of carbonyl (C=O) groups excluding carboxylic acids is 4. The van der Waals surface area contributed by atoms with Gasteiger partial charge < -0.3 is 30.7 Å². The van der Waals surface area contributed by atoms with Crippen molar-refractivity contribution in [1.82, 2.24) is 20.9 Å². The Morgan fingerprint density at radius 1 is 1.02 bits per heavy atom. The van der Waals surface area contributed by atoms with E-state index in [1.807, 2.05) is 0 Å². The van der Waals surface area contributed by atoms with Crippen LogP contribution >= 0.6 is 0 Å². The predicted molar refractivity (Wildman–Crippen MR) is 142 cm³/mol. The standard InChI is InChI=1S/C28H42F2N4O7/c1-27(29,30)12-7-19(22(35)24(37)31-18-5-6-18)32-23(36)20-15-28(10-3-2-4-11-28)16-34(20)25(38)21(33-26(39)40)17-8-13-41-14-9-17/h17-21,33H,2-16H2,1H3,(H,31,37)(H,32,36)(H,39,40)/t19-,20-,21-/m0/s1. The van der Waals surface area contributed by atoms with Crippen LogP contribution in [0.5, 0.6) is 0 Å². The maximum Gasteiger partial charge on any atom is 0.405 e. The summed E-state index contributed by atoms with van der Waals surface area (Å²) in [6.07, 6.45) is 4.70. The Hall–Kier alpha value is -2.83. The predicted octanol–water partition coefficient (Wildman–Crippen LogP) is 2.37. The van der Waals surface area contributed by atoms with Crippen LogP contribution in [0.4, 0.5) is 13.6 Å². The van der Waals surface area contributed by atoms with Crippen molar-refractivity contribution < 1.29 is 42.6 Å². The number of carboxylic acid groups (broad SMARTS) is 1. The molecule has 3 atom stereocenters. The second-order valence-electron chi connectivity index (χ2n) is 12.4. The van der Waals surface area contributed by atoms with E-state index in [-0.39, 0.29) is 23.9 Å². The number of ether oxygens (including phenoxy) is 1. The minimum Gasteiger partial charge on any atom is -0.465 e. The van der Waals surface area contributed by atoms with Gasteiger partial charge in [0.05, 0.1) is 6.04 Å². The highest BCUT2D eigenvalue weighted by molar-refractivity contribution is 6.38. The topological polar surface area (TPSA) is 154 Å². The molecule has 230 valence electrons. The van der Waals surface area contributed by atoms with Crippen molar-refractivity contribution in [3.05, 3.63) is 0 Å². The zero-order chi connectivity index (χ0) is 29.8. The summed E-state index contributed by atoms with van der Waals surface area (Å²) < 4.78 is 32.9. The molecule has 1 spiro atoms. The molecule has 13 heteroatoms. The van der Waals surface area contributed by atoms with E-state index in [2.05, 4.69) is 16.0 Å². The van der Waals surface area contributed by atoms with E-state index in [1.165, 1.54) is 4.90 Å². The first-order valence-electron chi connectivity index (χ1n) is 14.8. The summed E-state index contributed by atoms with van der Waals surface area (Å²) in [5.74, 6) is -6.56. The number of ketones is 1. The van der Waals surface area contributed by atoms with Crippen LogP contribution in [0.2, 0.25) is 0 Å². The Labute approximate surface area is 238 Å². The molecule has 0 aromatic rings. The first kappa shape index (κ1) is 31.1. The lowest BCUT2D eigenvalue weighted by molar-refractivity contribution is -0.144. The average Bonchev–Trinajstić information content (AvgIpc) is 3.67. The molecule has 41 heavy (non-hydrogen) atoms. The number of hydrogen-bond donors (Lipinski definition) is 4. The molecule has 0 unspecified atom stereocenters. The fourth-order valence-electron chi connectivity index (χ4n) is 6.51. The van der Waals surface area contributed by atoms with Gasteiger partial charge in [0.1, 0.15) is 12.1 Å². The number of alkyl halides is 2. The molecule has 2 heterocycles. The summed E-state index contributed by atoms with van der Waals surface area (Å²) in [5.41, 5.74) is -0.335. The number of carbonyl (C=O) groups is 5. The van der Waals surface area contributed by atoms with E-state index in [9.17, 15) is 37.9 Å². The normalized spacial score (nSPS) is 24.4. The number of nitrogens with zero attached hydrogens (tertiary/aromatic N) is 1. The summed E-state index contributed by atoms with van der Waals surface area (Å²) in [6.45, 7) is 1.74. The second kappa shape index (κ2) is 13.0. The van der Waals surface area contributed by atoms with Gasteiger partial charge in [-0.1, -0.05) is 19.3 Å². The minimum atomic E-state index is -3.11. The van der Waals surface area contributed by atoms with Gasteiger partial charge in [0, 0.05) is 32.2 Å². The largest absolute Gasteiger partial charge is 0.465 e. The van der Waals surface area contributed by atoms with E-state index in [4.69, 9.17) is 4.74 Å². The molecule has 11 nitrogen and oxygen atoms in total. The van der Waals surface area contributed by atoms with Crippen LogP contribution in [0.15, 0.2) is 0 Å². The fraction of sp³-hybridized carbons (Fsp3) is 0.821. The van der Waals surface area contributed by atoms with Crippen LogP contribution in [-0.2, 0) is 23.9 Å². The van der Waals surface area contributed by atoms with Gasteiger partial charge in [0.2, 0.25) is 23.5 Å². The zero-order valence-electron chi connectivity index (χ0n) is 23.6. The second-order valence-corrected chi connectivity index (χ2v) is 12.4. The Bertz CT molecular complexity index is 1000. The van der Waals surface area contributed by atoms with E-state index >= 15 is 0 Å². The summed E-state index contributed by atoms with van der Waals surface area (Å²) in [6, 6.07) is -3.71. The van der Waals surface area contributed by atoms with E-state index in [1.54, 1.807) is 0 Å². The molecule has 0 aromatic heterocycles. The first-order valence-corrected chi connectivity index (χ1v) is 14.8. The quantitative estimate of drug-likeness (QED) is 0.272. The van der Waals surface area contributed by atoms with Crippen molar-refractivity contribution in [2.45, 2.75) is 114 Å². The highest BCUT2D eigenvalue weighted by atomic mass is 19.3. The summed E-state index contributed by atoms with van der Waals surface area (Å²) in [4.78, 5) is 66.3. The number of rotatable bonds is 11. The summed E-state index contributed by atoms with van der Waals surface area (Å²) >= 11 is 0. The molecule has 4 rings (SSSR count). The third-order valence-electron chi connectivity index (χ3n) is 8.93. The first-order chi connectivity index (χ1) is 19.4. The molecule has 2 saturated carbocycles. The van der Waals surface area contributed by atoms with Gasteiger partial charge in [-0.3, -0.25) is 19.2 Å². The lowest BCUT2D eigenvalue weighted by Crippen LogP contribution is -2.58. The van der Waals surface area contributed by atoms with Gasteiger partial charge >= 0.3 is 6.09 Å². The van der Waals surface area contributed by atoms with Crippen molar-refractivity contribution in [2.75, 3.05) is 19.8 Å². The Morgan fingerprint density at radius 2 is 1.68 bits per heavy atom. The number of nitrogens with one attached hydrogen (secondary N) is 3. The van der Waals surface area contributed by atoms with Gasteiger partial charge in [-0.25, -0.2) is 13.6 Å². The Morgan fingerprint density at radius 3 is 2.27 bits per heavy atom. The molecule has 2 saturated heterocycles. The minimum absolute atomic E-state index is 0.131. The fourth-order valence-corrected chi connectivity index (χ4v) is 6.51. The van der Waals surface area contributed by atoms with Crippen LogP contribution in [0, 0.1) is 11.3 Å². The number of Topliss-reactive ketones (excluding diaryl/α,β-unsaturated/α-hetero) is 1. The van der Waals surface area contributed by atoms with E-state index in [0.29, 0.717) is 39.4 Å². The van der Waals surface area contributed by atoms with Crippen molar-refractivity contribution >= 4 is 29.6 Å². The number of likely N-dealkylation sites (tertiary alicyclic amines) is 1. The van der Waals surface area contributed by atoms with Crippen molar-refractivity contribution in [3.8, 4) is 0 Å². The van der Waals surface area contributed by atoms with Gasteiger partial charge in [-0.2, -0.15) is 0 Å². The van der Waals surface area contributed by atoms with Crippen LogP contribution in [0.25, 0.3) is 0 Å². The van der Waals surface area contributed by atoms with Gasteiger partial charge in [-0.15, -0.1) is 0 Å². The molecular formula is C28H42F2N4O7. The van der Waals surface area contributed by atoms with E-state index in [0.717, 1.165) is 44.9 Å². The third-order valence-corrected chi connectivity index (χ3v) is 8.93. The molecule has 4 amide bonds. The number of halogens is 2. The average molecular weight is 585 g/mol. The monoisotopic (exact) mass is 584 g/mol. The zero-order valence-corrected chi connectivity index (χ0v) is 23.6. The van der Waals surface area contributed by atoms with Crippen molar-refractivity contribution in [2.24, 2.45) is 11.3 Å². The molecule has 0 radical (unpaired) electrons. The molecule has 4 aliphatic rings. The van der Waals surface area contributed by atoms with Gasteiger partial charge in [0.25, 0.3) is 5.91 Å². The summed E-state index contributed by atoms with van der Waals surface area (Å²) in [5, 5.41) is 17.0. The SMILES string of the molecule is CC(F)(F)CC[C@H](NC(=O)[C@@H]1CC2(CCCCC2)CN1C(=O)[C@@H](NC(=O)O)C1CCOCC1)C(=O)C(=O)NC1CC1. The molecule has 0 aromatic carbocycles. The molecule has 2 aliphatic heterocycles. The summed E-state index contributed by atoms with van der Waals surface area (Å²) in [7, 11) is 0. The molecule has 4 N–H and O–H groups in total. The van der Waals surface area contributed by atoms with E-state index < -0.39 is 66.5 Å². The van der Waals surface area contributed by atoms with Crippen LogP contribution in [0.1, 0.15) is 84.0 Å². The Balaban J connectivity index is 1.56. The maximum atomic E-state index is 14.0. The highest BCUT2D eigenvalue weighted by Crippen LogP contribution is 2.47. The maximum absolute atomic E-state index is 14.0. The highest BCUT2D eigenvalue weighted by Gasteiger charge is 2.51. The lowest BCUT2D eigenvalue weighted by Gasteiger charge is -2.35. The number of hydrogen-bond acceptors (Lipinski definition) is 6. The Kier molecular flexibility index (Phi) is 9.86. The van der Waals surface area contributed by atoms with Gasteiger partial charge in [-0.05, 0) is 69.6 Å². The van der Waals surface area contributed by atoms with Crippen molar-refractivity contribution in [1.29, 1.82) is 0 Å². The smallest absolute Gasteiger partial charge is 0.405 e. The van der Waals surface area contributed by atoms with Crippen molar-refractivity contribution in [3.63, 3.8) is 0 Å².